The largest absolute Gasteiger partial charge is 0.361 e. The summed E-state index contributed by atoms with van der Waals surface area (Å²) in [5.74, 6) is 0.954. The van der Waals surface area contributed by atoms with Gasteiger partial charge in [-0.05, 0) is 43.0 Å². The van der Waals surface area contributed by atoms with Crippen molar-refractivity contribution >= 4 is 10.9 Å². The van der Waals surface area contributed by atoms with Gasteiger partial charge in [-0.15, -0.1) is 0 Å². The minimum atomic E-state index is 0.954. The molecule has 0 unspecified atom stereocenters. The van der Waals surface area contributed by atoms with Gasteiger partial charge in [-0.2, -0.15) is 0 Å². The van der Waals surface area contributed by atoms with Gasteiger partial charge in [0, 0.05) is 23.6 Å². The summed E-state index contributed by atoms with van der Waals surface area (Å²) in [5.41, 5.74) is 2.63. The lowest BCUT2D eigenvalue weighted by molar-refractivity contribution is 0.641. The van der Waals surface area contributed by atoms with Crippen LogP contribution in [0.25, 0.3) is 10.9 Å². The van der Waals surface area contributed by atoms with E-state index in [0.29, 0.717) is 0 Å². The van der Waals surface area contributed by atoms with E-state index in [0.717, 1.165) is 12.5 Å². The van der Waals surface area contributed by atoms with E-state index < -0.39 is 0 Å². The highest BCUT2D eigenvalue weighted by Gasteiger charge is 2.20. The molecule has 0 saturated heterocycles. The Balaban J connectivity index is 1.74. The molecular formula is C13H16N2. The van der Waals surface area contributed by atoms with Gasteiger partial charge in [-0.3, -0.25) is 0 Å². The number of rotatable bonds is 4. The van der Waals surface area contributed by atoms with Crippen LogP contribution < -0.4 is 5.32 Å². The molecule has 2 N–H and O–H groups in total. The number of H-pyrrole nitrogens is 1. The van der Waals surface area contributed by atoms with Gasteiger partial charge in [0.15, 0.2) is 0 Å². The smallest absolute Gasteiger partial charge is 0.0457 e. The van der Waals surface area contributed by atoms with Crippen LogP contribution in [0.2, 0.25) is 0 Å². The van der Waals surface area contributed by atoms with Crippen molar-refractivity contribution in [2.75, 3.05) is 6.54 Å². The summed E-state index contributed by atoms with van der Waals surface area (Å²) in [7, 11) is 0. The molecule has 3 rings (SSSR count). The van der Waals surface area contributed by atoms with Gasteiger partial charge < -0.3 is 10.3 Å². The first-order valence-electron chi connectivity index (χ1n) is 5.69. The second-order valence-electron chi connectivity index (χ2n) is 4.43. The third-order valence-corrected chi connectivity index (χ3v) is 3.13. The van der Waals surface area contributed by atoms with Gasteiger partial charge in [0.1, 0.15) is 0 Å². The molecule has 2 heteroatoms. The third kappa shape index (κ3) is 1.90. The summed E-state index contributed by atoms with van der Waals surface area (Å²) in [5, 5.41) is 4.88. The van der Waals surface area contributed by atoms with Gasteiger partial charge in [0.25, 0.3) is 0 Å². The van der Waals surface area contributed by atoms with Crippen molar-refractivity contribution in [3.05, 3.63) is 36.0 Å². The van der Waals surface area contributed by atoms with Crippen molar-refractivity contribution in [3.63, 3.8) is 0 Å². The first-order chi connectivity index (χ1) is 7.43. The van der Waals surface area contributed by atoms with Crippen LogP contribution in [0.15, 0.2) is 30.5 Å². The molecule has 1 aliphatic carbocycles. The second-order valence-corrected chi connectivity index (χ2v) is 4.43. The number of benzene rings is 1. The number of aromatic amines is 1. The van der Waals surface area contributed by atoms with Crippen LogP contribution in [-0.2, 0) is 6.54 Å². The minimum absolute atomic E-state index is 0.954. The van der Waals surface area contributed by atoms with Crippen LogP contribution in [0.4, 0.5) is 0 Å². The van der Waals surface area contributed by atoms with Crippen molar-refractivity contribution in [1.82, 2.24) is 10.3 Å². The number of hydrogen-bond donors (Lipinski definition) is 2. The van der Waals surface area contributed by atoms with E-state index in [1.807, 2.05) is 6.20 Å². The maximum absolute atomic E-state index is 3.53. The van der Waals surface area contributed by atoms with Crippen molar-refractivity contribution in [3.8, 4) is 0 Å². The molecule has 1 aromatic heterocycles. The zero-order chi connectivity index (χ0) is 10.1. The Hall–Kier alpha value is -1.28. The fourth-order valence-corrected chi connectivity index (χ4v) is 2.04. The quantitative estimate of drug-likeness (QED) is 0.780. The molecule has 0 spiro atoms. The molecule has 78 valence electrons. The van der Waals surface area contributed by atoms with E-state index >= 15 is 0 Å². The highest BCUT2D eigenvalue weighted by Crippen LogP contribution is 2.27. The van der Waals surface area contributed by atoms with Crippen LogP contribution in [0.5, 0.6) is 0 Å². The monoisotopic (exact) mass is 200 g/mol. The molecule has 1 aliphatic rings. The fraction of sp³-hybridized carbons (Fsp3) is 0.385. The predicted octanol–water partition coefficient (Wildman–Crippen LogP) is 2.67. The second kappa shape index (κ2) is 3.70. The lowest BCUT2D eigenvalue weighted by Gasteiger charge is -2.05. The molecule has 15 heavy (non-hydrogen) atoms. The van der Waals surface area contributed by atoms with Crippen molar-refractivity contribution in [1.29, 1.82) is 0 Å². The molecule has 0 amide bonds. The van der Waals surface area contributed by atoms with Crippen molar-refractivity contribution < 1.29 is 0 Å². The Morgan fingerprint density at radius 1 is 1.27 bits per heavy atom. The minimum Gasteiger partial charge on any atom is -0.361 e. The number of nitrogens with one attached hydrogen (secondary N) is 2. The molecule has 1 heterocycles. The SMILES string of the molecule is c1cc(CNCC2CC2)c2cc[nH]c2c1. The van der Waals surface area contributed by atoms with Crippen molar-refractivity contribution in [2.45, 2.75) is 19.4 Å². The average Bonchev–Trinajstić information content (AvgIpc) is 2.95. The van der Waals surface area contributed by atoms with E-state index in [1.165, 1.54) is 35.9 Å². The third-order valence-electron chi connectivity index (χ3n) is 3.13. The maximum Gasteiger partial charge on any atom is 0.0457 e. The lowest BCUT2D eigenvalue weighted by Crippen LogP contribution is -2.16. The summed E-state index contributed by atoms with van der Waals surface area (Å²) < 4.78 is 0. The molecule has 1 saturated carbocycles. The summed E-state index contributed by atoms with van der Waals surface area (Å²) >= 11 is 0. The van der Waals surface area contributed by atoms with Crippen LogP contribution in [0.1, 0.15) is 18.4 Å². The summed E-state index contributed by atoms with van der Waals surface area (Å²) in [6, 6.07) is 8.60. The Bertz CT molecular complexity index is 454. The van der Waals surface area contributed by atoms with Crippen LogP contribution >= 0.6 is 0 Å². The Kier molecular flexibility index (Phi) is 2.22. The molecular weight excluding hydrogens is 184 g/mol. The van der Waals surface area contributed by atoms with Gasteiger partial charge in [-0.1, -0.05) is 12.1 Å². The molecule has 0 aliphatic heterocycles. The molecule has 0 bridgehead atoms. The zero-order valence-electron chi connectivity index (χ0n) is 8.79. The molecule has 1 aromatic carbocycles. The van der Waals surface area contributed by atoms with E-state index in [2.05, 4.69) is 34.6 Å². The Labute approximate surface area is 89.7 Å². The van der Waals surface area contributed by atoms with Crippen molar-refractivity contribution in [2.24, 2.45) is 5.92 Å². The van der Waals surface area contributed by atoms with E-state index in [-0.39, 0.29) is 0 Å². The summed E-state index contributed by atoms with van der Waals surface area (Å²) in [6.45, 7) is 2.17. The first-order valence-corrected chi connectivity index (χ1v) is 5.69. The van der Waals surface area contributed by atoms with Gasteiger partial charge in [0.05, 0.1) is 0 Å². The molecule has 2 aromatic rings. The number of fused-ring (bicyclic) bond motifs is 1. The van der Waals surface area contributed by atoms with Gasteiger partial charge in [-0.25, -0.2) is 0 Å². The van der Waals surface area contributed by atoms with Crippen LogP contribution in [0.3, 0.4) is 0 Å². The average molecular weight is 200 g/mol. The molecule has 0 radical (unpaired) electrons. The van der Waals surface area contributed by atoms with E-state index in [9.17, 15) is 0 Å². The highest BCUT2D eigenvalue weighted by atomic mass is 14.9. The van der Waals surface area contributed by atoms with E-state index in [4.69, 9.17) is 0 Å². The highest BCUT2D eigenvalue weighted by molar-refractivity contribution is 5.82. The topological polar surface area (TPSA) is 27.8 Å². The fourth-order valence-electron chi connectivity index (χ4n) is 2.04. The molecule has 2 nitrogen and oxygen atoms in total. The molecule has 0 atom stereocenters. The normalized spacial score (nSPS) is 16.0. The van der Waals surface area contributed by atoms with Crippen LogP contribution in [-0.4, -0.2) is 11.5 Å². The van der Waals surface area contributed by atoms with Gasteiger partial charge in [0.2, 0.25) is 0 Å². The predicted molar refractivity (Wildman–Crippen MR) is 62.7 cm³/mol. The number of hydrogen-bond acceptors (Lipinski definition) is 1. The Morgan fingerprint density at radius 3 is 3.07 bits per heavy atom. The van der Waals surface area contributed by atoms with Gasteiger partial charge >= 0.3 is 0 Å². The standard InChI is InChI=1S/C13H16N2/c1-2-11(9-14-8-10-4-5-10)12-6-7-15-13(12)3-1/h1-3,6-7,10,14-15H,4-5,8-9H2. The van der Waals surface area contributed by atoms with Crippen LogP contribution in [0, 0.1) is 5.92 Å². The number of aromatic nitrogens is 1. The maximum atomic E-state index is 3.53. The lowest BCUT2D eigenvalue weighted by atomic mass is 10.1. The molecule has 1 fully saturated rings. The first kappa shape index (κ1) is 8.98. The zero-order valence-corrected chi connectivity index (χ0v) is 8.79. The summed E-state index contributed by atoms with van der Waals surface area (Å²) in [6.07, 6.45) is 4.85. The van der Waals surface area contributed by atoms with E-state index in [1.54, 1.807) is 0 Å². The Morgan fingerprint density at radius 2 is 2.20 bits per heavy atom. The summed E-state index contributed by atoms with van der Waals surface area (Å²) in [4.78, 5) is 3.24.